The molecule has 0 radical (unpaired) electrons. The number of ether oxygens (including phenoxy) is 1. The van der Waals surface area contributed by atoms with E-state index in [1.54, 1.807) is 13.8 Å². The fourth-order valence-corrected chi connectivity index (χ4v) is 2.79. The maximum Gasteiger partial charge on any atom is 0.313 e. The van der Waals surface area contributed by atoms with Gasteiger partial charge in [-0.25, -0.2) is 0 Å². The molecule has 0 saturated carbocycles. The van der Waals surface area contributed by atoms with E-state index in [0.717, 1.165) is 16.7 Å². The minimum atomic E-state index is -0.865. The van der Waals surface area contributed by atoms with E-state index in [0.29, 0.717) is 5.75 Å². The van der Waals surface area contributed by atoms with Crippen LogP contribution in [-0.2, 0) is 20.4 Å². The Morgan fingerprint density at radius 2 is 1.38 bits per heavy atom. The van der Waals surface area contributed by atoms with Crippen LogP contribution in [-0.4, -0.2) is 18.2 Å². The number of nitrogens with two attached hydrogens (primary N) is 1. The summed E-state index contributed by atoms with van der Waals surface area (Å²) in [5, 5.41) is 10.8. The highest BCUT2D eigenvalue weighted by atomic mass is 16.5. The molecule has 4 heteroatoms. The van der Waals surface area contributed by atoms with Gasteiger partial charge in [-0.2, -0.15) is 0 Å². The molecule has 0 aliphatic carbocycles. The molecule has 0 aromatic heterocycles. The number of phenols is 1. The summed E-state index contributed by atoms with van der Waals surface area (Å²) in [6.45, 7) is 15.9. The SMILES string of the molecule is COC(=O)C(C)(C)[C@@H](N)c1cc(C(C)(C)C)c(O)c(C(C)(C)C)c1. The third-order valence-corrected chi connectivity index (χ3v) is 4.60. The highest BCUT2D eigenvalue weighted by Gasteiger charge is 2.38. The zero-order valence-corrected chi connectivity index (χ0v) is 16.6. The molecule has 24 heavy (non-hydrogen) atoms. The van der Waals surface area contributed by atoms with Crippen LogP contribution in [0.5, 0.6) is 5.75 Å². The molecule has 0 bridgehead atoms. The standard InChI is InChI=1S/C20H33NO3/c1-18(2,3)13-10-12(11-14(15(13)22)19(4,5)6)16(21)20(7,8)17(23)24-9/h10-11,16,22H,21H2,1-9H3/t16-/m0/s1. The topological polar surface area (TPSA) is 72.5 Å². The molecule has 0 spiro atoms. The van der Waals surface area contributed by atoms with Crippen molar-refractivity contribution in [2.24, 2.45) is 11.1 Å². The van der Waals surface area contributed by atoms with Gasteiger partial charge in [0.25, 0.3) is 0 Å². The molecule has 1 aromatic rings. The summed E-state index contributed by atoms with van der Waals surface area (Å²) in [7, 11) is 1.37. The minimum absolute atomic E-state index is 0.241. The van der Waals surface area contributed by atoms with E-state index in [2.05, 4.69) is 41.5 Å². The molecule has 1 rings (SSSR count). The Hall–Kier alpha value is -1.55. The summed E-state index contributed by atoms with van der Waals surface area (Å²) in [5.74, 6) is -0.0421. The van der Waals surface area contributed by atoms with Gasteiger partial charge in [-0.3, -0.25) is 4.79 Å². The van der Waals surface area contributed by atoms with E-state index < -0.39 is 11.5 Å². The summed E-state index contributed by atoms with van der Waals surface area (Å²) in [4.78, 5) is 12.1. The van der Waals surface area contributed by atoms with Crippen molar-refractivity contribution in [3.05, 3.63) is 28.8 Å². The quantitative estimate of drug-likeness (QED) is 0.813. The highest BCUT2D eigenvalue weighted by molar-refractivity contribution is 5.77. The molecule has 0 unspecified atom stereocenters. The Balaban J connectivity index is 3.64. The first-order valence-corrected chi connectivity index (χ1v) is 8.36. The van der Waals surface area contributed by atoms with E-state index in [1.807, 2.05) is 12.1 Å². The second-order valence-corrected chi connectivity index (χ2v) is 9.16. The fraction of sp³-hybridized carbons (Fsp3) is 0.650. The molecule has 0 fully saturated rings. The predicted octanol–water partition coefficient (Wildman–Crippen LogP) is 4.19. The molecule has 0 heterocycles. The fourth-order valence-electron chi connectivity index (χ4n) is 2.79. The van der Waals surface area contributed by atoms with Gasteiger partial charge in [0.15, 0.2) is 0 Å². The minimum Gasteiger partial charge on any atom is -0.507 e. The van der Waals surface area contributed by atoms with Gasteiger partial charge < -0.3 is 15.6 Å². The van der Waals surface area contributed by atoms with Crippen LogP contribution in [0.3, 0.4) is 0 Å². The zero-order chi connectivity index (χ0) is 19.1. The summed E-state index contributed by atoms with van der Waals surface area (Å²) in [5.41, 5.74) is 7.59. The number of rotatable bonds is 3. The predicted molar refractivity (Wildman–Crippen MR) is 98.2 cm³/mol. The number of aromatic hydroxyl groups is 1. The lowest BCUT2D eigenvalue weighted by molar-refractivity contribution is -0.152. The molecule has 3 N–H and O–H groups in total. The molecule has 1 aromatic carbocycles. The van der Waals surface area contributed by atoms with Gasteiger partial charge in [-0.05, 0) is 53.5 Å². The number of hydrogen-bond donors (Lipinski definition) is 2. The van der Waals surface area contributed by atoms with E-state index in [-0.39, 0.29) is 16.8 Å². The lowest BCUT2D eigenvalue weighted by atomic mass is 9.74. The molecule has 136 valence electrons. The second-order valence-electron chi connectivity index (χ2n) is 9.16. The number of esters is 1. The third kappa shape index (κ3) is 3.92. The molecule has 0 aliphatic heterocycles. The van der Waals surface area contributed by atoms with Crippen molar-refractivity contribution < 1.29 is 14.6 Å². The van der Waals surface area contributed by atoms with Crippen LogP contribution in [0.15, 0.2) is 12.1 Å². The van der Waals surface area contributed by atoms with Crippen molar-refractivity contribution in [2.75, 3.05) is 7.11 Å². The van der Waals surface area contributed by atoms with Crippen molar-refractivity contribution in [1.82, 2.24) is 0 Å². The van der Waals surface area contributed by atoms with Crippen molar-refractivity contribution >= 4 is 5.97 Å². The van der Waals surface area contributed by atoms with Gasteiger partial charge in [0.2, 0.25) is 0 Å². The average molecular weight is 335 g/mol. The number of hydrogen-bond acceptors (Lipinski definition) is 4. The number of carbonyl (C=O) groups is 1. The van der Waals surface area contributed by atoms with Gasteiger partial charge in [0, 0.05) is 6.04 Å². The maximum atomic E-state index is 12.1. The lowest BCUT2D eigenvalue weighted by Gasteiger charge is -2.33. The van der Waals surface area contributed by atoms with E-state index in [1.165, 1.54) is 7.11 Å². The summed E-state index contributed by atoms with van der Waals surface area (Å²) in [6.07, 6.45) is 0. The molecular weight excluding hydrogens is 302 g/mol. The van der Waals surface area contributed by atoms with Gasteiger partial charge in [-0.1, -0.05) is 41.5 Å². The average Bonchev–Trinajstić information content (AvgIpc) is 2.43. The van der Waals surface area contributed by atoms with Gasteiger partial charge in [0.05, 0.1) is 12.5 Å². The zero-order valence-electron chi connectivity index (χ0n) is 16.6. The first-order chi connectivity index (χ1) is 10.6. The molecular formula is C20H33NO3. The van der Waals surface area contributed by atoms with E-state index in [9.17, 15) is 9.90 Å². The Kier molecular flexibility index (Phi) is 5.46. The molecule has 0 aliphatic rings. The van der Waals surface area contributed by atoms with Crippen LogP contribution >= 0.6 is 0 Å². The van der Waals surface area contributed by atoms with Gasteiger partial charge in [-0.15, -0.1) is 0 Å². The van der Waals surface area contributed by atoms with Gasteiger partial charge >= 0.3 is 5.97 Å². The second kappa shape index (κ2) is 6.40. The van der Waals surface area contributed by atoms with E-state index in [4.69, 9.17) is 10.5 Å². The third-order valence-electron chi connectivity index (χ3n) is 4.60. The van der Waals surface area contributed by atoms with Crippen molar-refractivity contribution in [3.8, 4) is 5.75 Å². The van der Waals surface area contributed by atoms with Crippen LogP contribution < -0.4 is 5.73 Å². The molecule has 0 amide bonds. The summed E-state index contributed by atoms with van der Waals surface area (Å²) >= 11 is 0. The van der Waals surface area contributed by atoms with Crippen LogP contribution in [0.25, 0.3) is 0 Å². The van der Waals surface area contributed by atoms with Crippen LogP contribution in [0.1, 0.15) is 78.1 Å². The Bertz CT molecular complexity index is 584. The summed E-state index contributed by atoms with van der Waals surface area (Å²) in [6, 6.07) is 3.30. The number of benzene rings is 1. The maximum absolute atomic E-state index is 12.1. The van der Waals surface area contributed by atoms with E-state index >= 15 is 0 Å². The first-order valence-electron chi connectivity index (χ1n) is 8.36. The van der Waals surface area contributed by atoms with Crippen LogP contribution in [0.2, 0.25) is 0 Å². The van der Waals surface area contributed by atoms with Crippen molar-refractivity contribution in [3.63, 3.8) is 0 Å². The van der Waals surface area contributed by atoms with Crippen molar-refractivity contribution in [2.45, 2.75) is 72.3 Å². The normalized spacial score (nSPS) is 14.4. The monoisotopic (exact) mass is 335 g/mol. The van der Waals surface area contributed by atoms with Crippen molar-refractivity contribution in [1.29, 1.82) is 0 Å². The van der Waals surface area contributed by atoms with Gasteiger partial charge in [0.1, 0.15) is 5.75 Å². The Labute approximate surface area is 146 Å². The van der Waals surface area contributed by atoms with Crippen LogP contribution in [0.4, 0.5) is 0 Å². The first kappa shape index (κ1) is 20.5. The largest absolute Gasteiger partial charge is 0.507 e. The Morgan fingerprint density at radius 1 is 1.00 bits per heavy atom. The Morgan fingerprint density at radius 3 is 1.67 bits per heavy atom. The smallest absolute Gasteiger partial charge is 0.313 e. The number of carbonyl (C=O) groups excluding carboxylic acids is 1. The van der Waals surface area contributed by atoms with Crippen LogP contribution in [0, 0.1) is 5.41 Å². The molecule has 1 atom stereocenters. The highest BCUT2D eigenvalue weighted by Crippen LogP contribution is 2.43. The lowest BCUT2D eigenvalue weighted by Crippen LogP contribution is -2.37. The summed E-state index contributed by atoms with van der Waals surface area (Å²) < 4.78 is 4.91. The number of phenolic OH excluding ortho intramolecular Hbond substituents is 1. The number of methoxy groups -OCH3 is 1. The molecule has 4 nitrogen and oxygen atoms in total. The molecule has 0 saturated heterocycles.